The first-order valence-electron chi connectivity index (χ1n) is 5.07. The molecule has 0 saturated heterocycles. The number of aromatic amines is 1. The van der Waals surface area contributed by atoms with Gasteiger partial charge in [0.25, 0.3) is 5.91 Å². The first-order chi connectivity index (χ1) is 8.16. The standard InChI is InChI=1S/C11H11FN4O/c1-7-10(15-16-14-7)11(17)13-6-8-2-4-9(12)5-3-8/h2-5H,6H2,1H3,(H,13,17)(H,14,15,16). The summed E-state index contributed by atoms with van der Waals surface area (Å²) < 4.78 is 12.7. The van der Waals surface area contributed by atoms with Gasteiger partial charge < -0.3 is 5.32 Å². The average Bonchev–Trinajstić information content (AvgIpc) is 2.74. The molecule has 1 heterocycles. The molecule has 2 aromatic rings. The second-order valence-electron chi connectivity index (χ2n) is 3.57. The zero-order valence-electron chi connectivity index (χ0n) is 9.20. The Balaban J connectivity index is 1.97. The summed E-state index contributed by atoms with van der Waals surface area (Å²) in [6.45, 7) is 2.02. The molecule has 1 aromatic carbocycles. The van der Waals surface area contributed by atoms with Gasteiger partial charge in [-0.25, -0.2) is 4.39 Å². The quantitative estimate of drug-likeness (QED) is 0.837. The highest BCUT2D eigenvalue weighted by molar-refractivity contribution is 5.92. The van der Waals surface area contributed by atoms with E-state index >= 15 is 0 Å². The Kier molecular flexibility index (Phi) is 3.13. The number of carbonyl (C=O) groups excluding carboxylic acids is 1. The minimum atomic E-state index is -0.305. The number of amides is 1. The summed E-state index contributed by atoms with van der Waals surface area (Å²) in [6, 6.07) is 5.93. The van der Waals surface area contributed by atoms with Crippen LogP contribution in [0.2, 0.25) is 0 Å². The van der Waals surface area contributed by atoms with Crippen LogP contribution in [0.1, 0.15) is 21.7 Å². The van der Waals surface area contributed by atoms with Crippen molar-refractivity contribution in [3.63, 3.8) is 0 Å². The predicted molar refractivity (Wildman–Crippen MR) is 58.7 cm³/mol. The zero-order chi connectivity index (χ0) is 12.3. The number of halogens is 1. The maximum atomic E-state index is 12.7. The summed E-state index contributed by atoms with van der Waals surface area (Å²) in [5, 5.41) is 12.5. The second kappa shape index (κ2) is 4.73. The summed E-state index contributed by atoms with van der Waals surface area (Å²) in [5.74, 6) is -0.604. The normalized spacial score (nSPS) is 10.2. The van der Waals surface area contributed by atoms with Gasteiger partial charge in [0, 0.05) is 6.54 Å². The van der Waals surface area contributed by atoms with Crippen LogP contribution in [0.5, 0.6) is 0 Å². The van der Waals surface area contributed by atoms with Crippen LogP contribution in [0.25, 0.3) is 0 Å². The Morgan fingerprint density at radius 3 is 2.65 bits per heavy atom. The summed E-state index contributed by atoms with van der Waals surface area (Å²) in [7, 11) is 0. The van der Waals surface area contributed by atoms with Gasteiger partial charge in [0.15, 0.2) is 5.69 Å². The Hall–Kier alpha value is -2.24. The number of H-pyrrole nitrogens is 1. The Bertz CT molecular complexity index is 521. The lowest BCUT2D eigenvalue weighted by Gasteiger charge is -2.03. The van der Waals surface area contributed by atoms with Crippen LogP contribution in [0.15, 0.2) is 24.3 Å². The van der Waals surface area contributed by atoms with Gasteiger partial charge in [0.05, 0.1) is 5.69 Å². The van der Waals surface area contributed by atoms with Crippen molar-refractivity contribution in [3.05, 3.63) is 47.0 Å². The number of aromatic nitrogens is 3. The molecule has 1 aromatic heterocycles. The van der Waals surface area contributed by atoms with E-state index in [1.807, 2.05) is 0 Å². The van der Waals surface area contributed by atoms with Crippen LogP contribution in [-0.2, 0) is 6.54 Å². The van der Waals surface area contributed by atoms with Crippen molar-refractivity contribution in [2.24, 2.45) is 0 Å². The average molecular weight is 234 g/mol. The SMILES string of the molecule is Cc1n[nH]nc1C(=O)NCc1ccc(F)cc1. The van der Waals surface area contributed by atoms with Crippen LogP contribution >= 0.6 is 0 Å². The smallest absolute Gasteiger partial charge is 0.274 e. The minimum Gasteiger partial charge on any atom is -0.347 e. The van der Waals surface area contributed by atoms with Crippen LogP contribution < -0.4 is 5.32 Å². The summed E-state index contributed by atoms with van der Waals surface area (Å²) in [5.41, 5.74) is 1.63. The molecule has 0 aliphatic rings. The van der Waals surface area contributed by atoms with Gasteiger partial charge in [-0.05, 0) is 24.6 Å². The van der Waals surface area contributed by atoms with Crippen LogP contribution in [0.4, 0.5) is 4.39 Å². The third kappa shape index (κ3) is 2.66. The molecule has 6 heteroatoms. The number of nitrogens with zero attached hydrogens (tertiary/aromatic N) is 2. The molecule has 0 radical (unpaired) electrons. The van der Waals surface area contributed by atoms with E-state index in [4.69, 9.17) is 0 Å². The van der Waals surface area contributed by atoms with Crippen molar-refractivity contribution < 1.29 is 9.18 Å². The third-order valence-electron chi connectivity index (χ3n) is 2.30. The number of aryl methyl sites for hydroxylation is 1. The fourth-order valence-electron chi connectivity index (χ4n) is 1.37. The van der Waals surface area contributed by atoms with Crippen molar-refractivity contribution in [2.75, 3.05) is 0 Å². The van der Waals surface area contributed by atoms with Crippen LogP contribution in [0, 0.1) is 12.7 Å². The van der Waals surface area contributed by atoms with E-state index in [2.05, 4.69) is 20.7 Å². The molecule has 0 atom stereocenters. The topological polar surface area (TPSA) is 70.7 Å². The van der Waals surface area contributed by atoms with Gasteiger partial charge in [-0.2, -0.15) is 15.4 Å². The maximum Gasteiger partial charge on any atom is 0.274 e. The van der Waals surface area contributed by atoms with Gasteiger partial charge in [0.2, 0.25) is 0 Å². The molecule has 0 fully saturated rings. The lowest BCUT2D eigenvalue weighted by Crippen LogP contribution is -2.23. The number of benzene rings is 1. The molecular formula is C11H11FN4O. The zero-order valence-corrected chi connectivity index (χ0v) is 9.20. The molecule has 0 bridgehead atoms. The van der Waals surface area contributed by atoms with E-state index in [1.54, 1.807) is 19.1 Å². The van der Waals surface area contributed by atoms with E-state index in [0.717, 1.165) is 5.56 Å². The summed E-state index contributed by atoms with van der Waals surface area (Å²) in [6.07, 6.45) is 0. The van der Waals surface area contributed by atoms with Crippen molar-refractivity contribution in [2.45, 2.75) is 13.5 Å². The molecule has 0 saturated carbocycles. The maximum absolute atomic E-state index is 12.7. The van der Waals surface area contributed by atoms with Crippen LogP contribution in [-0.4, -0.2) is 21.3 Å². The highest BCUT2D eigenvalue weighted by atomic mass is 19.1. The molecule has 5 nitrogen and oxygen atoms in total. The first-order valence-corrected chi connectivity index (χ1v) is 5.07. The molecular weight excluding hydrogens is 223 g/mol. The van der Waals surface area contributed by atoms with Crippen molar-refractivity contribution in [3.8, 4) is 0 Å². The Morgan fingerprint density at radius 1 is 1.35 bits per heavy atom. The van der Waals surface area contributed by atoms with E-state index in [1.165, 1.54) is 12.1 Å². The highest BCUT2D eigenvalue weighted by Gasteiger charge is 2.12. The first kappa shape index (κ1) is 11.3. The van der Waals surface area contributed by atoms with Crippen molar-refractivity contribution in [1.29, 1.82) is 0 Å². The van der Waals surface area contributed by atoms with Crippen molar-refractivity contribution >= 4 is 5.91 Å². The van der Waals surface area contributed by atoms with Gasteiger partial charge in [0.1, 0.15) is 5.82 Å². The molecule has 0 aliphatic carbocycles. The summed E-state index contributed by atoms with van der Waals surface area (Å²) >= 11 is 0. The van der Waals surface area contributed by atoms with E-state index in [0.29, 0.717) is 12.2 Å². The number of carbonyl (C=O) groups is 1. The molecule has 17 heavy (non-hydrogen) atoms. The van der Waals surface area contributed by atoms with Gasteiger partial charge in [-0.3, -0.25) is 4.79 Å². The number of hydrogen-bond acceptors (Lipinski definition) is 3. The molecule has 0 spiro atoms. The molecule has 2 N–H and O–H groups in total. The number of hydrogen-bond donors (Lipinski definition) is 2. The fraction of sp³-hybridized carbons (Fsp3) is 0.182. The van der Waals surface area contributed by atoms with Crippen molar-refractivity contribution in [1.82, 2.24) is 20.7 Å². The monoisotopic (exact) mass is 234 g/mol. The van der Waals surface area contributed by atoms with E-state index in [9.17, 15) is 9.18 Å². The Labute approximate surface area is 97.0 Å². The fourth-order valence-corrected chi connectivity index (χ4v) is 1.37. The second-order valence-corrected chi connectivity index (χ2v) is 3.57. The van der Waals surface area contributed by atoms with E-state index < -0.39 is 0 Å². The van der Waals surface area contributed by atoms with E-state index in [-0.39, 0.29) is 17.4 Å². The molecule has 88 valence electrons. The Morgan fingerprint density at radius 2 is 2.06 bits per heavy atom. The van der Waals surface area contributed by atoms with Gasteiger partial charge in [-0.15, -0.1) is 0 Å². The molecule has 0 unspecified atom stereocenters. The number of nitrogens with one attached hydrogen (secondary N) is 2. The lowest BCUT2D eigenvalue weighted by molar-refractivity contribution is 0.0945. The predicted octanol–water partition coefficient (Wildman–Crippen LogP) is 1.18. The van der Waals surface area contributed by atoms with Gasteiger partial charge >= 0.3 is 0 Å². The third-order valence-corrected chi connectivity index (χ3v) is 2.30. The molecule has 1 amide bonds. The largest absolute Gasteiger partial charge is 0.347 e. The van der Waals surface area contributed by atoms with Gasteiger partial charge in [-0.1, -0.05) is 12.1 Å². The summed E-state index contributed by atoms with van der Waals surface area (Å²) in [4.78, 5) is 11.7. The molecule has 0 aliphatic heterocycles. The lowest BCUT2D eigenvalue weighted by atomic mass is 10.2. The number of rotatable bonds is 3. The van der Waals surface area contributed by atoms with Crippen LogP contribution in [0.3, 0.4) is 0 Å². The highest BCUT2D eigenvalue weighted by Crippen LogP contribution is 2.03. The molecule has 2 rings (SSSR count). The minimum absolute atomic E-state index is 0.270.